The monoisotopic (exact) mass is 435 g/mol. The molecule has 1 aromatic heterocycles. The minimum Gasteiger partial charge on any atom is -0.497 e. The van der Waals surface area contributed by atoms with Crippen molar-refractivity contribution < 1.29 is 4.74 Å². The number of guanidine groups is 1. The predicted molar refractivity (Wildman–Crippen MR) is 123 cm³/mol. The first kappa shape index (κ1) is 21.7. The van der Waals surface area contributed by atoms with Gasteiger partial charge < -0.3 is 20.3 Å². The Morgan fingerprint density at radius 3 is 2.83 bits per heavy atom. The average molecular weight is 436 g/mol. The van der Waals surface area contributed by atoms with Crippen LogP contribution in [0.2, 0.25) is 5.02 Å². The van der Waals surface area contributed by atoms with Gasteiger partial charge in [0.25, 0.3) is 0 Å². The van der Waals surface area contributed by atoms with Crippen LogP contribution in [0.3, 0.4) is 0 Å². The largest absolute Gasteiger partial charge is 0.497 e. The second-order valence-electron chi connectivity index (χ2n) is 6.96. The highest BCUT2D eigenvalue weighted by Gasteiger charge is 2.15. The Morgan fingerprint density at radius 1 is 1.28 bits per heavy atom. The Bertz CT molecular complexity index is 804. The zero-order chi connectivity index (χ0) is 20.5. The molecule has 0 saturated carbocycles. The molecule has 1 aliphatic rings. The topological polar surface area (TPSA) is 61.8 Å². The van der Waals surface area contributed by atoms with Gasteiger partial charge in [0, 0.05) is 49.5 Å². The number of anilines is 1. The van der Waals surface area contributed by atoms with E-state index in [1.54, 1.807) is 18.4 Å². The van der Waals surface area contributed by atoms with Gasteiger partial charge in [0.2, 0.25) is 0 Å². The minimum absolute atomic E-state index is 0.710. The van der Waals surface area contributed by atoms with Crippen molar-refractivity contribution >= 4 is 34.0 Å². The second-order valence-corrected chi connectivity index (χ2v) is 8.20. The van der Waals surface area contributed by atoms with Crippen LogP contribution >= 0.6 is 22.9 Å². The molecule has 6 nitrogen and oxygen atoms in total. The van der Waals surface area contributed by atoms with Crippen molar-refractivity contribution in [2.75, 3.05) is 44.7 Å². The highest BCUT2D eigenvalue weighted by atomic mass is 35.5. The molecule has 0 radical (unpaired) electrons. The summed E-state index contributed by atoms with van der Waals surface area (Å²) in [6.07, 6.45) is 4.22. The molecule has 0 unspecified atom stereocenters. The number of methoxy groups -OCH3 is 1. The zero-order valence-electron chi connectivity index (χ0n) is 17.2. The summed E-state index contributed by atoms with van der Waals surface area (Å²) in [5, 5.41) is 10.7. The van der Waals surface area contributed by atoms with E-state index in [9.17, 15) is 0 Å². The molecule has 1 aliphatic heterocycles. The molecule has 3 rings (SSSR count). The van der Waals surface area contributed by atoms with E-state index in [0.29, 0.717) is 6.54 Å². The number of thiazole rings is 1. The molecule has 1 aromatic carbocycles. The lowest BCUT2D eigenvalue weighted by Crippen LogP contribution is -2.38. The van der Waals surface area contributed by atoms with E-state index in [4.69, 9.17) is 21.3 Å². The van der Waals surface area contributed by atoms with E-state index >= 15 is 0 Å². The second kappa shape index (κ2) is 11.3. The zero-order valence-corrected chi connectivity index (χ0v) is 18.8. The van der Waals surface area contributed by atoms with Crippen LogP contribution < -0.4 is 20.3 Å². The highest BCUT2D eigenvalue weighted by molar-refractivity contribution is 7.13. The highest BCUT2D eigenvalue weighted by Crippen LogP contribution is 2.24. The average Bonchev–Trinajstić information content (AvgIpc) is 3.41. The molecule has 29 heavy (non-hydrogen) atoms. The summed E-state index contributed by atoms with van der Waals surface area (Å²) in [5.41, 5.74) is 2.22. The molecule has 0 spiro atoms. The maximum Gasteiger partial charge on any atom is 0.191 e. The van der Waals surface area contributed by atoms with Crippen molar-refractivity contribution in [1.29, 1.82) is 0 Å². The first-order valence-corrected chi connectivity index (χ1v) is 11.5. The molecular formula is C21H30ClN5OS. The Labute approximate surface area is 182 Å². The Kier molecular flexibility index (Phi) is 8.43. The van der Waals surface area contributed by atoms with Crippen LogP contribution in [0.5, 0.6) is 5.75 Å². The molecule has 0 atom stereocenters. The van der Waals surface area contributed by atoms with Crippen LogP contribution in [0.4, 0.5) is 5.13 Å². The number of ether oxygens (including phenoxy) is 1. The van der Waals surface area contributed by atoms with Crippen molar-refractivity contribution in [1.82, 2.24) is 15.6 Å². The number of rotatable bonds is 9. The van der Waals surface area contributed by atoms with E-state index in [1.165, 1.54) is 12.8 Å². The number of benzene rings is 1. The SMILES string of the molecule is CCNC(=NCCc1csc(N2CCCC2)n1)NCCc1ccc(OC)cc1Cl. The maximum atomic E-state index is 6.32. The number of aliphatic imine (C=N–C) groups is 1. The summed E-state index contributed by atoms with van der Waals surface area (Å²) in [4.78, 5) is 11.8. The van der Waals surface area contributed by atoms with E-state index in [1.807, 2.05) is 18.2 Å². The summed E-state index contributed by atoms with van der Waals surface area (Å²) >= 11 is 8.07. The molecule has 2 aromatic rings. The molecule has 8 heteroatoms. The summed E-state index contributed by atoms with van der Waals surface area (Å²) in [7, 11) is 1.64. The molecule has 0 amide bonds. The van der Waals surface area contributed by atoms with Crippen molar-refractivity contribution in [2.24, 2.45) is 4.99 Å². The first-order chi connectivity index (χ1) is 14.2. The smallest absolute Gasteiger partial charge is 0.191 e. The van der Waals surface area contributed by atoms with Gasteiger partial charge in [0.1, 0.15) is 5.75 Å². The fraction of sp³-hybridized carbons (Fsp3) is 0.524. The first-order valence-electron chi connectivity index (χ1n) is 10.2. The van der Waals surface area contributed by atoms with E-state index < -0.39 is 0 Å². The summed E-state index contributed by atoms with van der Waals surface area (Å²) in [5.74, 6) is 1.60. The van der Waals surface area contributed by atoms with Crippen LogP contribution in [0.25, 0.3) is 0 Å². The van der Waals surface area contributed by atoms with Gasteiger partial charge >= 0.3 is 0 Å². The number of hydrogen-bond acceptors (Lipinski definition) is 5. The van der Waals surface area contributed by atoms with Gasteiger partial charge in [-0.1, -0.05) is 17.7 Å². The molecular weight excluding hydrogens is 406 g/mol. The van der Waals surface area contributed by atoms with Gasteiger partial charge in [-0.25, -0.2) is 4.98 Å². The van der Waals surface area contributed by atoms with Crippen molar-refractivity contribution in [2.45, 2.75) is 32.6 Å². The third kappa shape index (κ3) is 6.51. The lowest BCUT2D eigenvalue weighted by atomic mass is 10.1. The molecule has 158 valence electrons. The van der Waals surface area contributed by atoms with Gasteiger partial charge in [-0.05, 0) is 43.9 Å². The van der Waals surface area contributed by atoms with E-state index in [-0.39, 0.29) is 0 Å². The fourth-order valence-corrected chi connectivity index (χ4v) is 4.44. The fourth-order valence-electron chi connectivity index (χ4n) is 3.26. The lowest BCUT2D eigenvalue weighted by molar-refractivity contribution is 0.414. The van der Waals surface area contributed by atoms with Crippen LogP contribution in [0.15, 0.2) is 28.6 Å². The van der Waals surface area contributed by atoms with Crippen molar-refractivity contribution in [3.8, 4) is 5.75 Å². The molecule has 2 heterocycles. The summed E-state index contributed by atoms with van der Waals surface area (Å²) in [6, 6.07) is 5.79. The van der Waals surface area contributed by atoms with Gasteiger partial charge in [-0.3, -0.25) is 4.99 Å². The maximum absolute atomic E-state index is 6.32. The van der Waals surface area contributed by atoms with Crippen LogP contribution in [-0.2, 0) is 12.8 Å². The standard InChI is InChI=1S/C21H30ClN5OS/c1-3-23-20(24-10-8-16-6-7-18(28-2)14-19(16)22)25-11-9-17-15-29-21(26-17)27-12-4-5-13-27/h6-7,14-15H,3-5,8-13H2,1-2H3,(H2,23,24,25). The van der Waals surface area contributed by atoms with Gasteiger partial charge in [-0.2, -0.15) is 0 Å². The van der Waals surface area contributed by atoms with Gasteiger partial charge in [0.15, 0.2) is 11.1 Å². The van der Waals surface area contributed by atoms with E-state index in [0.717, 1.165) is 72.1 Å². The quantitative estimate of drug-likeness (QED) is 0.464. The van der Waals surface area contributed by atoms with E-state index in [2.05, 4.69) is 32.8 Å². The van der Waals surface area contributed by atoms with Crippen molar-refractivity contribution in [3.63, 3.8) is 0 Å². The molecule has 2 N–H and O–H groups in total. The number of halogens is 1. The number of nitrogens with one attached hydrogen (secondary N) is 2. The van der Waals surface area contributed by atoms with Crippen LogP contribution in [0, 0.1) is 0 Å². The number of aromatic nitrogens is 1. The molecule has 0 aliphatic carbocycles. The normalized spacial score (nSPS) is 14.3. The Balaban J connectivity index is 1.47. The third-order valence-corrected chi connectivity index (χ3v) is 6.15. The molecule has 1 fully saturated rings. The minimum atomic E-state index is 0.710. The Hall–Kier alpha value is -1.99. The third-order valence-electron chi connectivity index (χ3n) is 4.85. The predicted octanol–water partition coefficient (Wildman–Crippen LogP) is 3.75. The molecule has 0 bridgehead atoms. The number of nitrogens with zero attached hydrogens (tertiary/aromatic N) is 3. The molecule has 1 saturated heterocycles. The van der Waals surface area contributed by atoms with Crippen LogP contribution in [-0.4, -0.2) is 50.8 Å². The van der Waals surface area contributed by atoms with Crippen LogP contribution in [0.1, 0.15) is 31.0 Å². The van der Waals surface area contributed by atoms with Gasteiger partial charge in [-0.15, -0.1) is 11.3 Å². The van der Waals surface area contributed by atoms with Gasteiger partial charge in [0.05, 0.1) is 12.8 Å². The Morgan fingerprint density at radius 2 is 2.10 bits per heavy atom. The number of hydrogen-bond donors (Lipinski definition) is 2. The lowest BCUT2D eigenvalue weighted by Gasteiger charge is -2.12. The summed E-state index contributed by atoms with van der Waals surface area (Å²) < 4.78 is 5.20. The summed E-state index contributed by atoms with van der Waals surface area (Å²) in [6.45, 7) is 6.64. The van der Waals surface area contributed by atoms with Crippen molar-refractivity contribution in [3.05, 3.63) is 39.9 Å².